The van der Waals surface area contributed by atoms with Crippen LogP contribution in [0.4, 0.5) is 0 Å². The number of hydrogen-bond donors (Lipinski definition) is 0. The highest BCUT2D eigenvalue weighted by Crippen LogP contribution is 2.27. The van der Waals surface area contributed by atoms with Crippen LogP contribution in [0.3, 0.4) is 0 Å². The molecule has 0 amide bonds. The van der Waals surface area contributed by atoms with E-state index in [0.717, 1.165) is 11.0 Å². The molecule has 0 aliphatic heterocycles. The topological polar surface area (TPSA) is 17.8 Å². The number of nitrogens with zero attached hydrogens (tertiary/aromatic N) is 2. The maximum Gasteiger partial charge on any atom is 0.204 e. The molecule has 3 aromatic rings. The second-order valence-corrected chi connectivity index (χ2v) is 4.66. The van der Waals surface area contributed by atoms with Gasteiger partial charge in [-0.15, -0.1) is 0 Å². The summed E-state index contributed by atoms with van der Waals surface area (Å²) in [4.78, 5) is 4.39. The molecule has 2 aromatic carbocycles. The molecule has 0 saturated heterocycles. The van der Waals surface area contributed by atoms with Gasteiger partial charge in [0.15, 0.2) is 0 Å². The normalized spacial score (nSPS) is 12.8. The molecule has 0 aliphatic rings. The Balaban J connectivity index is 2.17. The smallest absolute Gasteiger partial charge is 0.204 e. The Morgan fingerprint density at radius 1 is 1.00 bits per heavy atom. The zero-order chi connectivity index (χ0) is 12.5. The molecule has 1 unspecified atom stereocenters. The van der Waals surface area contributed by atoms with Crippen LogP contribution in [0.2, 0.25) is 5.28 Å². The number of aromatic nitrogens is 2. The third kappa shape index (κ3) is 1.79. The Morgan fingerprint density at radius 2 is 1.67 bits per heavy atom. The van der Waals surface area contributed by atoms with E-state index in [1.165, 1.54) is 5.56 Å². The molecule has 2 nitrogen and oxygen atoms in total. The van der Waals surface area contributed by atoms with Crippen molar-refractivity contribution in [1.82, 2.24) is 9.55 Å². The highest BCUT2D eigenvalue weighted by molar-refractivity contribution is 6.29. The summed E-state index contributed by atoms with van der Waals surface area (Å²) in [6, 6.07) is 18.5. The quantitative estimate of drug-likeness (QED) is 0.668. The highest BCUT2D eigenvalue weighted by atomic mass is 35.5. The summed E-state index contributed by atoms with van der Waals surface area (Å²) in [7, 11) is 0. The number of imidazole rings is 1. The predicted octanol–water partition coefficient (Wildman–Crippen LogP) is 4.30. The summed E-state index contributed by atoms with van der Waals surface area (Å²) >= 11 is 6.26. The monoisotopic (exact) mass is 256 g/mol. The summed E-state index contributed by atoms with van der Waals surface area (Å²) in [5.41, 5.74) is 3.23. The number of halogens is 1. The molecule has 3 rings (SSSR count). The van der Waals surface area contributed by atoms with E-state index >= 15 is 0 Å². The summed E-state index contributed by atoms with van der Waals surface area (Å²) in [5, 5.41) is 0.535. The molecule has 0 aliphatic carbocycles. The van der Waals surface area contributed by atoms with Crippen molar-refractivity contribution in [2.24, 2.45) is 0 Å². The summed E-state index contributed by atoms with van der Waals surface area (Å²) in [6.45, 7) is 2.13. The Bertz CT molecular complexity index is 673. The first-order valence-corrected chi connectivity index (χ1v) is 6.32. The average molecular weight is 257 g/mol. The first-order valence-electron chi connectivity index (χ1n) is 5.95. The third-order valence-electron chi connectivity index (χ3n) is 3.22. The van der Waals surface area contributed by atoms with E-state index in [0.29, 0.717) is 5.28 Å². The van der Waals surface area contributed by atoms with Crippen LogP contribution in [-0.2, 0) is 0 Å². The van der Waals surface area contributed by atoms with E-state index < -0.39 is 0 Å². The SMILES string of the molecule is CC(c1ccccc1)n1c(Cl)nc2ccccc21. The minimum Gasteiger partial charge on any atom is -0.307 e. The maximum atomic E-state index is 6.26. The molecule has 0 saturated carbocycles. The highest BCUT2D eigenvalue weighted by Gasteiger charge is 2.15. The molecule has 0 radical (unpaired) electrons. The van der Waals surface area contributed by atoms with Gasteiger partial charge >= 0.3 is 0 Å². The van der Waals surface area contributed by atoms with Crippen molar-refractivity contribution in [3.63, 3.8) is 0 Å². The van der Waals surface area contributed by atoms with Crippen molar-refractivity contribution in [3.05, 3.63) is 65.4 Å². The van der Waals surface area contributed by atoms with Crippen molar-refractivity contribution in [2.75, 3.05) is 0 Å². The third-order valence-corrected chi connectivity index (χ3v) is 3.49. The molecule has 0 spiro atoms. The molecule has 90 valence electrons. The summed E-state index contributed by atoms with van der Waals surface area (Å²) in [6.07, 6.45) is 0. The zero-order valence-corrected chi connectivity index (χ0v) is 10.8. The van der Waals surface area contributed by atoms with Gasteiger partial charge in [-0.3, -0.25) is 0 Å². The molecular weight excluding hydrogens is 244 g/mol. The molecular formula is C15H13ClN2. The van der Waals surface area contributed by atoms with Crippen LogP contribution in [0.1, 0.15) is 18.5 Å². The second-order valence-electron chi connectivity index (χ2n) is 4.33. The van der Waals surface area contributed by atoms with Crippen molar-refractivity contribution in [2.45, 2.75) is 13.0 Å². The lowest BCUT2D eigenvalue weighted by molar-refractivity contribution is 0.659. The minimum absolute atomic E-state index is 0.172. The largest absolute Gasteiger partial charge is 0.307 e. The molecule has 3 heteroatoms. The molecule has 0 N–H and O–H groups in total. The van der Waals surface area contributed by atoms with Gasteiger partial charge < -0.3 is 4.57 Å². The Kier molecular flexibility index (Phi) is 2.80. The lowest BCUT2D eigenvalue weighted by Gasteiger charge is -2.15. The fourth-order valence-electron chi connectivity index (χ4n) is 2.26. The van der Waals surface area contributed by atoms with Crippen LogP contribution in [0.25, 0.3) is 11.0 Å². The van der Waals surface area contributed by atoms with Crippen LogP contribution >= 0.6 is 11.6 Å². The van der Waals surface area contributed by atoms with Gasteiger partial charge in [-0.2, -0.15) is 0 Å². The number of hydrogen-bond acceptors (Lipinski definition) is 1. The number of fused-ring (bicyclic) bond motifs is 1. The number of benzene rings is 2. The van der Waals surface area contributed by atoms with E-state index in [1.807, 2.05) is 42.5 Å². The van der Waals surface area contributed by atoms with Crippen molar-refractivity contribution in [1.29, 1.82) is 0 Å². The van der Waals surface area contributed by atoms with Crippen LogP contribution in [0.5, 0.6) is 0 Å². The van der Waals surface area contributed by atoms with Crippen molar-refractivity contribution >= 4 is 22.6 Å². The van der Waals surface area contributed by atoms with E-state index in [2.05, 4.69) is 28.6 Å². The van der Waals surface area contributed by atoms with Crippen LogP contribution in [-0.4, -0.2) is 9.55 Å². The Morgan fingerprint density at radius 3 is 2.44 bits per heavy atom. The first-order chi connectivity index (χ1) is 8.77. The molecule has 0 fully saturated rings. The van der Waals surface area contributed by atoms with E-state index in [-0.39, 0.29) is 6.04 Å². The van der Waals surface area contributed by atoms with Crippen molar-refractivity contribution in [3.8, 4) is 0 Å². The number of rotatable bonds is 2. The summed E-state index contributed by atoms with van der Waals surface area (Å²) < 4.78 is 2.06. The first kappa shape index (κ1) is 11.3. The fourth-order valence-corrected chi connectivity index (χ4v) is 2.59. The second kappa shape index (κ2) is 4.46. The number of para-hydroxylation sites is 2. The van der Waals surface area contributed by atoms with Gasteiger partial charge in [0.2, 0.25) is 5.28 Å². The molecule has 0 bridgehead atoms. The summed E-state index contributed by atoms with van der Waals surface area (Å²) in [5.74, 6) is 0. The maximum absolute atomic E-state index is 6.26. The lowest BCUT2D eigenvalue weighted by atomic mass is 10.1. The van der Waals surface area contributed by atoms with Gasteiger partial charge in [-0.05, 0) is 36.2 Å². The Labute approximate surface area is 111 Å². The van der Waals surface area contributed by atoms with Gasteiger partial charge in [-0.25, -0.2) is 4.98 Å². The zero-order valence-electron chi connectivity index (χ0n) is 10.0. The molecule has 1 aromatic heterocycles. The fraction of sp³-hybridized carbons (Fsp3) is 0.133. The van der Waals surface area contributed by atoms with Gasteiger partial charge in [0.05, 0.1) is 17.1 Å². The average Bonchev–Trinajstić information content (AvgIpc) is 2.75. The predicted molar refractivity (Wildman–Crippen MR) is 75.0 cm³/mol. The Hall–Kier alpha value is -1.80. The van der Waals surface area contributed by atoms with Gasteiger partial charge in [-0.1, -0.05) is 42.5 Å². The van der Waals surface area contributed by atoms with E-state index in [4.69, 9.17) is 11.6 Å². The van der Waals surface area contributed by atoms with Crippen molar-refractivity contribution < 1.29 is 0 Å². The van der Waals surface area contributed by atoms with Gasteiger partial charge in [0.25, 0.3) is 0 Å². The lowest BCUT2D eigenvalue weighted by Crippen LogP contribution is -2.06. The molecule has 1 heterocycles. The molecule has 1 atom stereocenters. The van der Waals surface area contributed by atoms with Crippen LogP contribution in [0.15, 0.2) is 54.6 Å². The molecule has 18 heavy (non-hydrogen) atoms. The standard InChI is InChI=1S/C15H13ClN2/c1-11(12-7-3-2-4-8-12)18-14-10-6-5-9-13(14)17-15(18)16/h2-11H,1H3. The van der Waals surface area contributed by atoms with E-state index in [1.54, 1.807) is 0 Å². The minimum atomic E-state index is 0.172. The van der Waals surface area contributed by atoms with Crippen LogP contribution < -0.4 is 0 Å². The van der Waals surface area contributed by atoms with Crippen LogP contribution in [0, 0.1) is 0 Å². The van der Waals surface area contributed by atoms with Gasteiger partial charge in [0.1, 0.15) is 0 Å². The van der Waals surface area contributed by atoms with Gasteiger partial charge in [0, 0.05) is 0 Å². The van der Waals surface area contributed by atoms with E-state index in [9.17, 15) is 0 Å².